The SMILES string of the molecule is CCCCC1CCC(C(=O)NCCn2ncc3c(=O)n(Cc4cccc([N+](=O)[O-])c4)cnc32)CC1. The van der Waals surface area contributed by atoms with Crippen LogP contribution in [0.3, 0.4) is 0 Å². The molecular formula is C25H32N6O4. The normalized spacial score (nSPS) is 18.0. The Morgan fingerprint density at radius 2 is 2.06 bits per heavy atom. The van der Waals surface area contributed by atoms with Crippen molar-refractivity contribution in [1.29, 1.82) is 0 Å². The molecule has 0 saturated heterocycles. The van der Waals surface area contributed by atoms with Crippen molar-refractivity contribution in [1.82, 2.24) is 24.6 Å². The highest BCUT2D eigenvalue weighted by Crippen LogP contribution is 2.31. The van der Waals surface area contributed by atoms with Crippen molar-refractivity contribution < 1.29 is 9.72 Å². The third-order valence-corrected chi connectivity index (χ3v) is 6.90. The number of fused-ring (bicyclic) bond motifs is 1. The lowest BCUT2D eigenvalue weighted by Crippen LogP contribution is -2.35. The van der Waals surface area contributed by atoms with Gasteiger partial charge < -0.3 is 5.32 Å². The number of amides is 1. The second-order valence-electron chi connectivity index (χ2n) is 9.36. The number of nitrogens with zero attached hydrogens (tertiary/aromatic N) is 5. The molecule has 1 aliphatic carbocycles. The van der Waals surface area contributed by atoms with Crippen LogP contribution in [0, 0.1) is 22.0 Å². The van der Waals surface area contributed by atoms with Gasteiger partial charge in [-0.15, -0.1) is 0 Å². The van der Waals surface area contributed by atoms with Gasteiger partial charge in [0.15, 0.2) is 5.65 Å². The molecule has 2 aromatic heterocycles. The number of nitrogens with one attached hydrogen (secondary N) is 1. The largest absolute Gasteiger partial charge is 0.354 e. The van der Waals surface area contributed by atoms with Crippen molar-refractivity contribution in [2.24, 2.45) is 11.8 Å². The van der Waals surface area contributed by atoms with Crippen LogP contribution < -0.4 is 10.9 Å². The van der Waals surface area contributed by atoms with Crippen LogP contribution in [0.4, 0.5) is 5.69 Å². The zero-order chi connectivity index (χ0) is 24.8. The molecule has 0 atom stereocenters. The Hall–Kier alpha value is -3.56. The Balaban J connectivity index is 1.33. The van der Waals surface area contributed by atoms with Gasteiger partial charge in [-0.05, 0) is 37.2 Å². The van der Waals surface area contributed by atoms with Crippen molar-refractivity contribution in [3.63, 3.8) is 0 Å². The van der Waals surface area contributed by atoms with Gasteiger partial charge in [-0.2, -0.15) is 5.10 Å². The lowest BCUT2D eigenvalue weighted by molar-refractivity contribution is -0.384. The Bertz CT molecular complexity index is 1240. The van der Waals surface area contributed by atoms with E-state index in [0.29, 0.717) is 29.7 Å². The summed E-state index contributed by atoms with van der Waals surface area (Å²) in [7, 11) is 0. The number of aromatic nitrogens is 4. The molecule has 1 aromatic carbocycles. The van der Waals surface area contributed by atoms with Gasteiger partial charge in [0.25, 0.3) is 11.2 Å². The molecule has 0 unspecified atom stereocenters. The molecule has 1 aliphatic rings. The highest BCUT2D eigenvalue weighted by atomic mass is 16.6. The molecule has 186 valence electrons. The monoisotopic (exact) mass is 480 g/mol. The van der Waals surface area contributed by atoms with Crippen molar-refractivity contribution in [2.45, 2.75) is 65.0 Å². The Kier molecular flexibility index (Phi) is 7.89. The van der Waals surface area contributed by atoms with E-state index in [1.165, 1.54) is 48.5 Å². The summed E-state index contributed by atoms with van der Waals surface area (Å²) >= 11 is 0. The highest BCUT2D eigenvalue weighted by Gasteiger charge is 2.25. The molecule has 2 heterocycles. The molecule has 4 rings (SSSR count). The predicted molar refractivity (Wildman–Crippen MR) is 132 cm³/mol. The fourth-order valence-corrected chi connectivity index (χ4v) is 4.87. The molecule has 0 aliphatic heterocycles. The second-order valence-corrected chi connectivity index (χ2v) is 9.36. The number of hydrogen-bond acceptors (Lipinski definition) is 6. The topological polar surface area (TPSA) is 125 Å². The molecule has 0 spiro atoms. The number of benzene rings is 1. The number of unbranched alkanes of at least 4 members (excludes halogenated alkanes) is 1. The minimum absolute atomic E-state index is 0.0241. The minimum Gasteiger partial charge on any atom is -0.354 e. The molecule has 1 amide bonds. The van der Waals surface area contributed by atoms with Crippen molar-refractivity contribution in [2.75, 3.05) is 6.54 Å². The van der Waals surface area contributed by atoms with Gasteiger partial charge in [0.05, 0.1) is 24.2 Å². The fourth-order valence-electron chi connectivity index (χ4n) is 4.87. The molecule has 10 nitrogen and oxygen atoms in total. The summed E-state index contributed by atoms with van der Waals surface area (Å²) in [5, 5.41) is 18.7. The van der Waals surface area contributed by atoms with E-state index in [1.54, 1.807) is 16.8 Å². The van der Waals surface area contributed by atoms with Crippen molar-refractivity contribution in [3.05, 3.63) is 62.8 Å². The first-order valence-corrected chi connectivity index (χ1v) is 12.4. The molecule has 1 saturated carbocycles. The smallest absolute Gasteiger partial charge is 0.269 e. The van der Waals surface area contributed by atoms with Crippen LogP contribution in [-0.4, -0.2) is 36.7 Å². The highest BCUT2D eigenvalue weighted by molar-refractivity contribution is 5.78. The van der Waals surface area contributed by atoms with Crippen molar-refractivity contribution in [3.8, 4) is 0 Å². The Labute approximate surface area is 203 Å². The van der Waals surface area contributed by atoms with E-state index in [9.17, 15) is 19.7 Å². The molecule has 3 aromatic rings. The third kappa shape index (κ3) is 5.93. The number of rotatable bonds is 10. The lowest BCUT2D eigenvalue weighted by atomic mass is 9.79. The first-order valence-electron chi connectivity index (χ1n) is 12.4. The van der Waals surface area contributed by atoms with Crippen LogP contribution in [0.2, 0.25) is 0 Å². The maximum absolute atomic E-state index is 12.9. The first-order chi connectivity index (χ1) is 17.0. The van der Waals surface area contributed by atoms with E-state index in [-0.39, 0.29) is 29.6 Å². The zero-order valence-corrected chi connectivity index (χ0v) is 20.1. The molecule has 0 bridgehead atoms. The summed E-state index contributed by atoms with van der Waals surface area (Å²) in [5.41, 5.74) is 0.800. The third-order valence-electron chi connectivity index (χ3n) is 6.90. The van der Waals surface area contributed by atoms with E-state index in [1.807, 2.05) is 0 Å². The van der Waals surface area contributed by atoms with Gasteiger partial charge >= 0.3 is 0 Å². The van der Waals surface area contributed by atoms with E-state index in [0.717, 1.165) is 31.6 Å². The van der Waals surface area contributed by atoms with Gasteiger partial charge in [-0.25, -0.2) is 9.67 Å². The number of hydrogen-bond donors (Lipinski definition) is 1. The maximum Gasteiger partial charge on any atom is 0.269 e. The summed E-state index contributed by atoms with van der Waals surface area (Å²) in [4.78, 5) is 40.4. The van der Waals surface area contributed by atoms with Gasteiger partial charge in [-0.1, -0.05) is 38.3 Å². The van der Waals surface area contributed by atoms with Crippen LogP contribution in [0.1, 0.15) is 57.4 Å². The van der Waals surface area contributed by atoms with Gasteiger partial charge in [0, 0.05) is 24.6 Å². The summed E-state index contributed by atoms with van der Waals surface area (Å²) in [6.45, 7) is 3.23. The van der Waals surface area contributed by atoms with Crippen LogP contribution in [0.15, 0.2) is 41.6 Å². The Morgan fingerprint density at radius 3 is 2.80 bits per heavy atom. The summed E-state index contributed by atoms with van der Waals surface area (Å²) in [6, 6.07) is 6.18. The lowest BCUT2D eigenvalue weighted by Gasteiger charge is -2.27. The Morgan fingerprint density at radius 1 is 1.26 bits per heavy atom. The van der Waals surface area contributed by atoms with E-state index in [2.05, 4.69) is 22.3 Å². The second kappa shape index (κ2) is 11.2. The minimum atomic E-state index is -0.463. The quantitative estimate of drug-likeness (QED) is 0.349. The van der Waals surface area contributed by atoms with Gasteiger partial charge in [0.2, 0.25) is 5.91 Å². The van der Waals surface area contributed by atoms with Crippen LogP contribution in [0.25, 0.3) is 11.0 Å². The number of carbonyl (C=O) groups is 1. The number of non-ortho nitro benzene ring substituents is 1. The van der Waals surface area contributed by atoms with Gasteiger partial charge in [0.1, 0.15) is 11.7 Å². The number of carbonyl (C=O) groups excluding carboxylic acids is 1. The zero-order valence-electron chi connectivity index (χ0n) is 20.1. The van der Waals surface area contributed by atoms with Gasteiger partial charge in [-0.3, -0.25) is 24.3 Å². The summed E-state index contributed by atoms with van der Waals surface area (Å²) < 4.78 is 3.03. The molecule has 10 heteroatoms. The molecule has 0 radical (unpaired) electrons. The number of nitro groups is 1. The molecule has 35 heavy (non-hydrogen) atoms. The fraction of sp³-hybridized carbons (Fsp3) is 0.520. The number of nitro benzene ring substituents is 1. The van der Waals surface area contributed by atoms with Crippen LogP contribution in [-0.2, 0) is 17.9 Å². The average molecular weight is 481 g/mol. The predicted octanol–water partition coefficient (Wildman–Crippen LogP) is 3.66. The van der Waals surface area contributed by atoms with E-state index >= 15 is 0 Å². The first kappa shape index (κ1) is 24.6. The van der Waals surface area contributed by atoms with Crippen LogP contribution in [0.5, 0.6) is 0 Å². The average Bonchev–Trinajstić information content (AvgIpc) is 3.28. The molecule has 1 fully saturated rings. The maximum atomic E-state index is 12.9. The van der Waals surface area contributed by atoms with Crippen LogP contribution >= 0.6 is 0 Å². The van der Waals surface area contributed by atoms with Crippen molar-refractivity contribution >= 4 is 22.6 Å². The van der Waals surface area contributed by atoms with E-state index < -0.39 is 4.92 Å². The summed E-state index contributed by atoms with van der Waals surface area (Å²) in [6.07, 6.45) is 10.9. The standard InChI is InChI=1S/C25H32N6O4/c1-2-3-5-18-8-10-20(11-9-18)24(32)26-12-13-30-23-22(15-28-30)25(33)29(17-27-23)16-19-6-4-7-21(14-19)31(34)35/h4,6-7,14-15,17-18,20H,2-3,5,8-13,16H2,1H3,(H,26,32). The molecular weight excluding hydrogens is 448 g/mol. The summed E-state index contributed by atoms with van der Waals surface area (Å²) in [5.74, 6) is 0.950. The van der Waals surface area contributed by atoms with E-state index in [4.69, 9.17) is 0 Å². The molecule has 1 N–H and O–H groups in total.